The van der Waals surface area contributed by atoms with Gasteiger partial charge in [0.25, 0.3) is 0 Å². The van der Waals surface area contributed by atoms with Crippen molar-refractivity contribution in [1.29, 1.82) is 0 Å². The maximum atomic E-state index is 5.24. The van der Waals surface area contributed by atoms with Gasteiger partial charge in [0.2, 0.25) is 0 Å². The van der Waals surface area contributed by atoms with Gasteiger partial charge in [-0.1, -0.05) is 11.8 Å². The minimum absolute atomic E-state index is 0.812. The average Bonchev–Trinajstić information content (AvgIpc) is 2.75. The molecule has 15 heavy (non-hydrogen) atoms. The lowest BCUT2D eigenvalue weighted by molar-refractivity contribution is 0.145. The van der Waals surface area contributed by atoms with Gasteiger partial charge in [-0.2, -0.15) is 4.37 Å². The predicted molar refractivity (Wildman–Crippen MR) is 64.6 cm³/mol. The number of thioether (sulfide) groups is 1. The fourth-order valence-corrected chi connectivity index (χ4v) is 2.42. The third-order valence-electron chi connectivity index (χ3n) is 1.69. The van der Waals surface area contributed by atoms with E-state index in [2.05, 4.69) is 14.7 Å². The minimum atomic E-state index is 0.812. The smallest absolute Gasteiger partial charge is 0.169 e. The van der Waals surface area contributed by atoms with Crippen LogP contribution in [0.25, 0.3) is 0 Å². The molecule has 1 N–H and O–H groups in total. The fraction of sp³-hybridized carbons (Fsp3) is 0.778. The molecule has 6 heteroatoms. The molecule has 0 spiro atoms. The maximum Gasteiger partial charge on any atom is 0.169 e. The lowest BCUT2D eigenvalue weighted by Gasteiger charge is -2.03. The molecule has 0 amide bonds. The summed E-state index contributed by atoms with van der Waals surface area (Å²) in [4.78, 5) is 4.10. The summed E-state index contributed by atoms with van der Waals surface area (Å²) in [5.41, 5.74) is 0. The molecule has 1 rings (SSSR count). The molecule has 0 aliphatic carbocycles. The monoisotopic (exact) mass is 247 g/mol. The molecular weight excluding hydrogens is 230 g/mol. The Bertz CT molecular complexity index is 231. The standard InChI is InChI=1S/C9H17N3OS2/c1-2-13-6-3-4-10-5-7-14-9-11-8-12-15-9/h8,10H,2-7H2,1H3. The van der Waals surface area contributed by atoms with Crippen LogP contribution in [0.1, 0.15) is 13.3 Å². The Morgan fingerprint density at radius 2 is 2.47 bits per heavy atom. The number of nitrogens with one attached hydrogen (secondary N) is 1. The highest BCUT2D eigenvalue weighted by Crippen LogP contribution is 2.16. The van der Waals surface area contributed by atoms with Gasteiger partial charge in [-0.15, -0.1) is 0 Å². The van der Waals surface area contributed by atoms with Crippen molar-refractivity contribution in [1.82, 2.24) is 14.7 Å². The Hall–Kier alpha value is -0.170. The zero-order valence-electron chi connectivity index (χ0n) is 8.94. The molecule has 0 atom stereocenters. The van der Waals surface area contributed by atoms with E-state index < -0.39 is 0 Å². The molecule has 0 aliphatic rings. The molecule has 86 valence electrons. The number of nitrogens with zero attached hydrogens (tertiary/aromatic N) is 2. The van der Waals surface area contributed by atoms with Crippen LogP contribution < -0.4 is 5.32 Å². The van der Waals surface area contributed by atoms with Crippen LogP contribution in [0.15, 0.2) is 10.7 Å². The van der Waals surface area contributed by atoms with Crippen molar-refractivity contribution in [3.05, 3.63) is 6.33 Å². The summed E-state index contributed by atoms with van der Waals surface area (Å²) in [7, 11) is 0. The molecular formula is C9H17N3OS2. The van der Waals surface area contributed by atoms with Crippen molar-refractivity contribution < 1.29 is 4.74 Å². The van der Waals surface area contributed by atoms with E-state index in [4.69, 9.17) is 4.74 Å². The van der Waals surface area contributed by atoms with Crippen LogP contribution in [-0.2, 0) is 4.74 Å². The first-order chi connectivity index (χ1) is 7.43. The molecule has 0 unspecified atom stereocenters. The SMILES string of the molecule is CCOCCCNCCSc1ncns1. The number of aromatic nitrogens is 2. The molecule has 0 saturated carbocycles. The molecule has 0 fully saturated rings. The van der Waals surface area contributed by atoms with Gasteiger partial charge in [0.1, 0.15) is 6.33 Å². The van der Waals surface area contributed by atoms with Gasteiger partial charge < -0.3 is 10.1 Å². The van der Waals surface area contributed by atoms with Crippen molar-refractivity contribution in [3.8, 4) is 0 Å². The molecule has 1 aromatic rings. The van der Waals surface area contributed by atoms with Crippen LogP contribution in [-0.4, -0.2) is 41.4 Å². The van der Waals surface area contributed by atoms with Gasteiger partial charge in [-0.05, 0) is 31.4 Å². The Morgan fingerprint density at radius 3 is 3.20 bits per heavy atom. The number of rotatable bonds is 9. The van der Waals surface area contributed by atoms with Crippen LogP contribution in [0.3, 0.4) is 0 Å². The van der Waals surface area contributed by atoms with Crippen LogP contribution in [0, 0.1) is 0 Å². The molecule has 0 bridgehead atoms. The van der Waals surface area contributed by atoms with Gasteiger partial charge >= 0.3 is 0 Å². The van der Waals surface area contributed by atoms with E-state index >= 15 is 0 Å². The van der Waals surface area contributed by atoms with E-state index in [1.165, 1.54) is 11.5 Å². The van der Waals surface area contributed by atoms with E-state index in [0.717, 1.165) is 42.8 Å². The molecule has 0 aliphatic heterocycles. The lowest BCUT2D eigenvalue weighted by atomic mass is 10.4. The highest BCUT2D eigenvalue weighted by atomic mass is 32.2. The minimum Gasteiger partial charge on any atom is -0.382 e. The number of hydrogen-bond acceptors (Lipinski definition) is 6. The van der Waals surface area contributed by atoms with Crippen molar-refractivity contribution in [3.63, 3.8) is 0 Å². The third-order valence-corrected chi connectivity index (χ3v) is 3.49. The normalized spacial score (nSPS) is 10.7. The zero-order valence-corrected chi connectivity index (χ0v) is 10.6. The van der Waals surface area contributed by atoms with E-state index in [1.54, 1.807) is 18.1 Å². The largest absolute Gasteiger partial charge is 0.382 e. The number of hydrogen-bond donors (Lipinski definition) is 1. The molecule has 1 heterocycles. The van der Waals surface area contributed by atoms with Gasteiger partial charge in [-0.3, -0.25) is 0 Å². The Balaban J connectivity index is 1.81. The second-order valence-corrected chi connectivity index (χ2v) is 4.98. The summed E-state index contributed by atoms with van der Waals surface area (Å²) in [6.45, 7) is 5.72. The zero-order chi connectivity index (χ0) is 10.8. The second kappa shape index (κ2) is 9.08. The highest BCUT2D eigenvalue weighted by molar-refractivity contribution is 8.00. The van der Waals surface area contributed by atoms with Crippen molar-refractivity contribution in [2.24, 2.45) is 0 Å². The van der Waals surface area contributed by atoms with E-state index in [-0.39, 0.29) is 0 Å². The topological polar surface area (TPSA) is 47.0 Å². The third kappa shape index (κ3) is 6.83. The van der Waals surface area contributed by atoms with Crippen molar-refractivity contribution >= 4 is 23.3 Å². The average molecular weight is 247 g/mol. The molecule has 1 aromatic heterocycles. The predicted octanol–water partition coefficient (Wildman–Crippen LogP) is 1.65. The Kier molecular flexibility index (Phi) is 7.81. The first-order valence-corrected chi connectivity index (χ1v) is 6.87. The van der Waals surface area contributed by atoms with Crippen LogP contribution in [0.2, 0.25) is 0 Å². The maximum absolute atomic E-state index is 5.24. The van der Waals surface area contributed by atoms with Crippen molar-refractivity contribution in [2.45, 2.75) is 17.7 Å². The van der Waals surface area contributed by atoms with E-state index in [9.17, 15) is 0 Å². The first-order valence-electron chi connectivity index (χ1n) is 5.11. The van der Waals surface area contributed by atoms with Gasteiger partial charge in [0.15, 0.2) is 4.34 Å². The molecule has 0 aromatic carbocycles. The van der Waals surface area contributed by atoms with Gasteiger partial charge in [-0.25, -0.2) is 4.98 Å². The quantitative estimate of drug-likeness (QED) is 0.531. The summed E-state index contributed by atoms with van der Waals surface area (Å²) in [5, 5.41) is 3.36. The van der Waals surface area contributed by atoms with Crippen LogP contribution >= 0.6 is 23.3 Å². The highest BCUT2D eigenvalue weighted by Gasteiger charge is 1.96. The molecule has 0 radical (unpaired) electrons. The summed E-state index contributed by atoms with van der Waals surface area (Å²) in [6, 6.07) is 0. The van der Waals surface area contributed by atoms with Gasteiger partial charge in [0, 0.05) is 25.5 Å². The second-order valence-electron chi connectivity index (χ2n) is 2.86. The van der Waals surface area contributed by atoms with Crippen LogP contribution in [0.4, 0.5) is 0 Å². The lowest BCUT2D eigenvalue weighted by Crippen LogP contribution is -2.19. The molecule has 4 nitrogen and oxygen atoms in total. The van der Waals surface area contributed by atoms with Crippen LogP contribution in [0.5, 0.6) is 0 Å². The molecule has 0 saturated heterocycles. The summed E-state index contributed by atoms with van der Waals surface area (Å²) in [6.07, 6.45) is 2.68. The summed E-state index contributed by atoms with van der Waals surface area (Å²) < 4.78 is 10.2. The summed E-state index contributed by atoms with van der Waals surface area (Å²) in [5.74, 6) is 1.05. The summed E-state index contributed by atoms with van der Waals surface area (Å²) >= 11 is 3.20. The van der Waals surface area contributed by atoms with Gasteiger partial charge in [0.05, 0.1) is 0 Å². The number of ether oxygens (including phenoxy) is 1. The Labute approximate surface area is 99.0 Å². The van der Waals surface area contributed by atoms with E-state index in [0.29, 0.717) is 0 Å². The Morgan fingerprint density at radius 1 is 1.53 bits per heavy atom. The van der Waals surface area contributed by atoms with Crippen molar-refractivity contribution in [2.75, 3.05) is 32.1 Å². The fourth-order valence-electron chi connectivity index (χ4n) is 1.01. The first kappa shape index (κ1) is 12.9. The van der Waals surface area contributed by atoms with E-state index in [1.807, 2.05) is 6.92 Å².